The Morgan fingerprint density at radius 2 is 2.19 bits per heavy atom. The summed E-state index contributed by atoms with van der Waals surface area (Å²) in [5, 5.41) is 0. The third-order valence-electron chi connectivity index (χ3n) is 2.50. The highest BCUT2D eigenvalue weighted by atomic mass is 16.5. The van der Waals surface area contributed by atoms with Crippen molar-refractivity contribution in [1.82, 2.24) is 0 Å². The van der Waals surface area contributed by atoms with E-state index in [2.05, 4.69) is 6.92 Å². The van der Waals surface area contributed by atoms with Crippen LogP contribution >= 0.6 is 0 Å². The molecule has 1 aromatic rings. The predicted octanol–water partition coefficient (Wildman–Crippen LogP) is 2.51. The van der Waals surface area contributed by atoms with Crippen LogP contribution in [0.15, 0.2) is 24.3 Å². The van der Waals surface area contributed by atoms with Gasteiger partial charge in [-0.15, -0.1) is 0 Å². The molecule has 0 aliphatic rings. The van der Waals surface area contributed by atoms with Crippen molar-refractivity contribution >= 4 is 0 Å². The number of unbranched alkanes of at least 4 members (excludes halogenated alkanes) is 1. The Morgan fingerprint density at radius 1 is 1.38 bits per heavy atom. The van der Waals surface area contributed by atoms with Gasteiger partial charge in [-0.3, -0.25) is 0 Å². The van der Waals surface area contributed by atoms with Gasteiger partial charge < -0.3 is 15.2 Å². The van der Waals surface area contributed by atoms with E-state index in [1.54, 1.807) is 7.11 Å². The van der Waals surface area contributed by atoms with Crippen LogP contribution in [-0.2, 0) is 4.74 Å². The molecular formula is C13H21NO2. The first-order valence-corrected chi connectivity index (χ1v) is 5.77. The van der Waals surface area contributed by atoms with E-state index in [9.17, 15) is 0 Å². The van der Waals surface area contributed by atoms with Gasteiger partial charge in [0.1, 0.15) is 5.75 Å². The smallest absolute Gasteiger partial charge is 0.119 e. The summed E-state index contributed by atoms with van der Waals surface area (Å²) in [5.74, 6) is 0.890. The summed E-state index contributed by atoms with van der Waals surface area (Å²) in [5.41, 5.74) is 6.69. The zero-order chi connectivity index (χ0) is 11.8. The molecule has 0 saturated heterocycles. The highest BCUT2D eigenvalue weighted by Crippen LogP contribution is 2.20. The van der Waals surface area contributed by atoms with Gasteiger partial charge in [0.15, 0.2) is 0 Å². The van der Waals surface area contributed by atoms with Crippen molar-refractivity contribution in [3.8, 4) is 5.75 Å². The lowest BCUT2D eigenvalue weighted by Gasteiger charge is -2.14. The van der Waals surface area contributed by atoms with E-state index in [1.165, 1.54) is 0 Å². The Labute approximate surface area is 97.6 Å². The van der Waals surface area contributed by atoms with Crippen LogP contribution < -0.4 is 10.5 Å². The van der Waals surface area contributed by atoms with Crippen LogP contribution in [0.1, 0.15) is 31.4 Å². The lowest BCUT2D eigenvalue weighted by Crippen LogP contribution is -2.14. The van der Waals surface area contributed by atoms with E-state index >= 15 is 0 Å². The van der Waals surface area contributed by atoms with E-state index in [0.717, 1.165) is 30.8 Å². The van der Waals surface area contributed by atoms with Gasteiger partial charge in [0, 0.05) is 13.7 Å². The molecule has 3 heteroatoms. The Balaban J connectivity index is 2.62. The van der Waals surface area contributed by atoms with Crippen molar-refractivity contribution < 1.29 is 9.47 Å². The van der Waals surface area contributed by atoms with Crippen LogP contribution in [-0.4, -0.2) is 20.3 Å². The van der Waals surface area contributed by atoms with Crippen molar-refractivity contribution in [1.29, 1.82) is 0 Å². The molecule has 1 atom stereocenters. The zero-order valence-corrected chi connectivity index (χ0v) is 10.1. The Bertz CT molecular complexity index is 298. The Morgan fingerprint density at radius 3 is 2.81 bits per heavy atom. The quantitative estimate of drug-likeness (QED) is 0.722. The molecular weight excluding hydrogens is 202 g/mol. The van der Waals surface area contributed by atoms with E-state index in [4.69, 9.17) is 15.2 Å². The maximum atomic E-state index is 5.63. The molecule has 16 heavy (non-hydrogen) atoms. The average Bonchev–Trinajstić information content (AvgIpc) is 2.32. The van der Waals surface area contributed by atoms with Gasteiger partial charge in [-0.1, -0.05) is 25.5 Å². The van der Waals surface area contributed by atoms with Crippen LogP contribution in [0.2, 0.25) is 0 Å². The van der Waals surface area contributed by atoms with Crippen molar-refractivity contribution in [2.24, 2.45) is 5.73 Å². The van der Waals surface area contributed by atoms with Crippen molar-refractivity contribution in [2.45, 2.75) is 25.9 Å². The molecule has 1 rings (SSSR count). The molecule has 0 aliphatic carbocycles. The fraction of sp³-hybridized carbons (Fsp3) is 0.538. The molecule has 1 unspecified atom stereocenters. The third-order valence-corrected chi connectivity index (χ3v) is 2.50. The number of nitrogens with two attached hydrogens (primary N) is 1. The lowest BCUT2D eigenvalue weighted by molar-refractivity contribution is 0.110. The lowest BCUT2D eigenvalue weighted by atomic mass is 10.1. The van der Waals surface area contributed by atoms with Crippen LogP contribution in [0.5, 0.6) is 5.75 Å². The van der Waals surface area contributed by atoms with Crippen LogP contribution in [0.3, 0.4) is 0 Å². The summed E-state index contributed by atoms with van der Waals surface area (Å²) in [4.78, 5) is 0. The highest BCUT2D eigenvalue weighted by molar-refractivity contribution is 5.30. The summed E-state index contributed by atoms with van der Waals surface area (Å²) >= 11 is 0. The Kier molecular flexibility index (Phi) is 5.90. The minimum absolute atomic E-state index is 0.0466. The number of benzene rings is 1. The molecule has 0 aromatic heterocycles. The van der Waals surface area contributed by atoms with Crippen molar-refractivity contribution in [3.05, 3.63) is 29.8 Å². The third kappa shape index (κ3) is 3.83. The van der Waals surface area contributed by atoms with Crippen molar-refractivity contribution in [3.63, 3.8) is 0 Å². The van der Waals surface area contributed by atoms with Gasteiger partial charge >= 0.3 is 0 Å². The number of ether oxygens (including phenoxy) is 2. The van der Waals surface area contributed by atoms with E-state index in [1.807, 2.05) is 24.3 Å². The molecule has 0 aliphatic heterocycles. The fourth-order valence-corrected chi connectivity index (χ4v) is 1.51. The van der Waals surface area contributed by atoms with Gasteiger partial charge in [-0.05, 0) is 24.1 Å². The monoisotopic (exact) mass is 223 g/mol. The highest BCUT2D eigenvalue weighted by Gasteiger charge is 2.08. The first-order valence-electron chi connectivity index (χ1n) is 5.77. The van der Waals surface area contributed by atoms with Crippen LogP contribution in [0.25, 0.3) is 0 Å². The molecule has 0 radical (unpaired) electrons. The van der Waals surface area contributed by atoms with Gasteiger partial charge in [0.05, 0.1) is 12.7 Å². The number of hydrogen-bond acceptors (Lipinski definition) is 3. The molecule has 0 spiro atoms. The molecule has 90 valence electrons. The van der Waals surface area contributed by atoms with Gasteiger partial charge in [0.2, 0.25) is 0 Å². The topological polar surface area (TPSA) is 44.5 Å². The van der Waals surface area contributed by atoms with E-state index < -0.39 is 0 Å². The van der Waals surface area contributed by atoms with E-state index in [-0.39, 0.29) is 6.10 Å². The van der Waals surface area contributed by atoms with E-state index in [0.29, 0.717) is 6.54 Å². The zero-order valence-electron chi connectivity index (χ0n) is 10.1. The first-order chi connectivity index (χ1) is 7.81. The molecule has 0 heterocycles. The molecule has 1 aromatic carbocycles. The van der Waals surface area contributed by atoms with Crippen molar-refractivity contribution in [2.75, 3.05) is 20.3 Å². The summed E-state index contributed by atoms with van der Waals surface area (Å²) in [6, 6.07) is 7.94. The molecule has 0 bridgehead atoms. The van der Waals surface area contributed by atoms with Crippen LogP contribution in [0, 0.1) is 0 Å². The molecule has 0 saturated carbocycles. The summed E-state index contributed by atoms with van der Waals surface area (Å²) in [7, 11) is 1.67. The first kappa shape index (κ1) is 13.0. The average molecular weight is 223 g/mol. The number of rotatable bonds is 7. The minimum atomic E-state index is -0.0466. The maximum Gasteiger partial charge on any atom is 0.119 e. The Hall–Kier alpha value is -1.06. The minimum Gasteiger partial charge on any atom is -0.494 e. The number of methoxy groups -OCH3 is 1. The largest absolute Gasteiger partial charge is 0.494 e. The molecule has 2 N–H and O–H groups in total. The second kappa shape index (κ2) is 7.25. The second-order valence-corrected chi connectivity index (χ2v) is 3.73. The molecule has 0 amide bonds. The fourth-order valence-electron chi connectivity index (χ4n) is 1.51. The SMILES string of the molecule is CCCCOc1cccc(C(CN)OC)c1. The summed E-state index contributed by atoms with van der Waals surface area (Å²) in [6.45, 7) is 3.39. The van der Waals surface area contributed by atoms with Crippen LogP contribution in [0.4, 0.5) is 0 Å². The normalized spacial score (nSPS) is 12.4. The summed E-state index contributed by atoms with van der Waals surface area (Å²) < 4.78 is 10.9. The standard InChI is InChI=1S/C13H21NO2/c1-3-4-8-16-12-7-5-6-11(9-12)13(10-14)15-2/h5-7,9,13H,3-4,8,10,14H2,1-2H3. The van der Waals surface area contributed by atoms with Gasteiger partial charge in [0.25, 0.3) is 0 Å². The van der Waals surface area contributed by atoms with Gasteiger partial charge in [-0.2, -0.15) is 0 Å². The molecule has 3 nitrogen and oxygen atoms in total. The second-order valence-electron chi connectivity index (χ2n) is 3.73. The molecule has 0 fully saturated rings. The maximum absolute atomic E-state index is 5.63. The number of hydrogen-bond donors (Lipinski definition) is 1. The summed E-state index contributed by atoms with van der Waals surface area (Å²) in [6.07, 6.45) is 2.17. The van der Waals surface area contributed by atoms with Gasteiger partial charge in [-0.25, -0.2) is 0 Å². The predicted molar refractivity (Wildman–Crippen MR) is 65.6 cm³/mol.